The zero-order valence-corrected chi connectivity index (χ0v) is 55.1. The van der Waals surface area contributed by atoms with Crippen LogP contribution in [-0.2, 0) is 19.3 Å². The molecule has 0 amide bonds. The van der Waals surface area contributed by atoms with Gasteiger partial charge < -0.3 is 28.4 Å². The molecule has 3 saturated heterocycles. The van der Waals surface area contributed by atoms with Crippen molar-refractivity contribution >= 4 is 40.5 Å². The predicted molar refractivity (Wildman–Crippen MR) is 361 cm³/mol. The summed E-state index contributed by atoms with van der Waals surface area (Å²) in [4.78, 5) is 33.6. The van der Waals surface area contributed by atoms with Gasteiger partial charge in [-0.3, -0.25) is 29.7 Å². The summed E-state index contributed by atoms with van der Waals surface area (Å²) in [6.07, 6.45) is 8.82. The van der Waals surface area contributed by atoms with E-state index in [4.69, 9.17) is 28.4 Å². The summed E-state index contributed by atoms with van der Waals surface area (Å²) in [5.74, 6) is 5.00. The highest BCUT2D eigenvalue weighted by Gasteiger charge is 2.33. The first-order valence-electron chi connectivity index (χ1n) is 30.4. The van der Waals surface area contributed by atoms with E-state index in [2.05, 4.69) is 44.6 Å². The van der Waals surface area contributed by atoms with Crippen molar-refractivity contribution in [2.24, 2.45) is 17.8 Å². The van der Waals surface area contributed by atoms with Crippen LogP contribution in [0.25, 0.3) is 0 Å². The molecule has 15 nitrogen and oxygen atoms in total. The lowest BCUT2D eigenvalue weighted by molar-refractivity contribution is 0.0973. The molecule has 6 atom stereocenters. The SMILES string of the molecule is C.C.Cc1cc(OC[C@H]2CCCN(C(C)c3nc4c(cc3F)CCO4)C2)cc(C)n1.Cc1cc(OC[C@H]2CCCN([C@@H](C)c3nc4c(cc3F)CCO4)C2)cc(C)n1.Cc1cc(OC[C@H]2CCCN([C@H](C)c3nc4c(cc3F)CCO4)C2)cc(C)n1.S.S.S. The number of aryl methyl sites for hydroxylation is 6. The van der Waals surface area contributed by atoms with Crippen LogP contribution in [0.4, 0.5) is 13.2 Å². The van der Waals surface area contributed by atoms with Gasteiger partial charge in [0.05, 0.1) is 74.8 Å². The molecule has 6 aliphatic rings. The number of piperidine rings is 3. The largest absolute Gasteiger partial charge is 0.493 e. The molecule has 6 aliphatic heterocycles. The van der Waals surface area contributed by atoms with Gasteiger partial charge in [0.2, 0.25) is 17.6 Å². The van der Waals surface area contributed by atoms with Crippen LogP contribution < -0.4 is 28.4 Å². The number of pyridine rings is 6. The highest BCUT2D eigenvalue weighted by atomic mass is 32.1. The van der Waals surface area contributed by atoms with Gasteiger partial charge in [-0.25, -0.2) is 28.1 Å². The van der Waals surface area contributed by atoms with E-state index in [-0.39, 0.29) is 90.9 Å². The van der Waals surface area contributed by atoms with Crippen LogP contribution in [0.5, 0.6) is 34.9 Å². The summed E-state index contributed by atoms with van der Waals surface area (Å²) >= 11 is 0. The van der Waals surface area contributed by atoms with Gasteiger partial charge in [0.1, 0.15) is 34.7 Å². The monoisotopic (exact) mass is 1290 g/mol. The fraction of sp³-hybridized carbons (Fsp3) is 0.559. The minimum absolute atomic E-state index is 0. The highest BCUT2D eigenvalue weighted by Crippen LogP contribution is 2.36. The fourth-order valence-corrected chi connectivity index (χ4v) is 12.7. The smallest absolute Gasteiger partial charge is 0.217 e. The van der Waals surface area contributed by atoms with Gasteiger partial charge in [-0.15, -0.1) is 0 Å². The van der Waals surface area contributed by atoms with Crippen LogP contribution in [0.15, 0.2) is 54.6 Å². The molecule has 21 heteroatoms. The van der Waals surface area contributed by atoms with Crippen LogP contribution in [0.2, 0.25) is 0 Å². The second-order valence-electron chi connectivity index (χ2n) is 24.0. The number of aromatic nitrogens is 6. The fourth-order valence-electron chi connectivity index (χ4n) is 12.7. The Bertz CT molecular complexity index is 2870. The van der Waals surface area contributed by atoms with Crippen molar-refractivity contribution in [3.8, 4) is 34.9 Å². The van der Waals surface area contributed by atoms with Crippen molar-refractivity contribution in [3.05, 3.63) is 140 Å². The van der Waals surface area contributed by atoms with Crippen molar-refractivity contribution in [1.82, 2.24) is 44.6 Å². The average Bonchev–Trinajstić information content (AvgIpc) is 2.88. The summed E-state index contributed by atoms with van der Waals surface area (Å²) in [6, 6.07) is 16.4. The van der Waals surface area contributed by atoms with Gasteiger partial charge in [0.15, 0.2) is 0 Å². The molecule has 1 unspecified atom stereocenters. The van der Waals surface area contributed by atoms with E-state index in [9.17, 15) is 13.2 Å². The molecule has 12 heterocycles. The zero-order valence-electron chi connectivity index (χ0n) is 52.1. The van der Waals surface area contributed by atoms with Crippen LogP contribution in [0.1, 0.15) is 160 Å². The number of fused-ring (bicyclic) bond motifs is 3. The van der Waals surface area contributed by atoms with E-state index in [1.165, 1.54) is 0 Å². The summed E-state index contributed by atoms with van der Waals surface area (Å²) < 4.78 is 78.6. The minimum atomic E-state index is -0.224. The van der Waals surface area contributed by atoms with E-state index < -0.39 is 0 Å². The van der Waals surface area contributed by atoms with Crippen molar-refractivity contribution in [2.45, 2.75) is 153 Å². The van der Waals surface area contributed by atoms with E-state index in [1.807, 2.05) is 98.7 Å². The third-order valence-corrected chi connectivity index (χ3v) is 17.1. The lowest BCUT2D eigenvalue weighted by Gasteiger charge is -2.36. The predicted octanol–water partition coefficient (Wildman–Crippen LogP) is 13.7. The molecule has 89 heavy (non-hydrogen) atoms. The maximum Gasteiger partial charge on any atom is 0.217 e. The molecule has 0 radical (unpaired) electrons. The minimum Gasteiger partial charge on any atom is -0.493 e. The zero-order chi connectivity index (χ0) is 59.0. The van der Waals surface area contributed by atoms with Crippen molar-refractivity contribution in [1.29, 1.82) is 0 Å². The standard InChI is InChI=1S/3C22H28FN3O2.2CH4.3H2S/c3*1-14-9-19(10-15(2)24-14)28-13-17-5-4-7-26(12-17)16(3)21-20(23)11-18-6-8-27-22(18)25-21;;;;;/h3*9-11,16-17H,4-8,12-13H2,1-3H3;2*1H4;3*1H2/t16?,17-;16-,17+;16-,17-;;;;;/m010...../s1. The second kappa shape index (κ2) is 34.2. The number of ether oxygens (including phenoxy) is 6. The first kappa shape index (κ1) is 74.2. The molecule has 12 rings (SSSR count). The average molecular weight is 1290 g/mol. The normalized spacial score (nSPS) is 19.3. The lowest BCUT2D eigenvalue weighted by Crippen LogP contribution is -2.39. The van der Waals surface area contributed by atoms with Gasteiger partial charge >= 0.3 is 0 Å². The quantitative estimate of drug-likeness (QED) is 0.0961. The summed E-state index contributed by atoms with van der Waals surface area (Å²) in [7, 11) is 0. The maximum absolute atomic E-state index is 14.6. The molecule has 0 aliphatic carbocycles. The molecule has 6 aromatic rings. The van der Waals surface area contributed by atoms with Crippen LogP contribution >= 0.6 is 40.5 Å². The molecule has 6 aromatic heterocycles. The van der Waals surface area contributed by atoms with Gasteiger partial charge in [-0.05, 0) is 139 Å². The lowest BCUT2D eigenvalue weighted by atomic mass is 9.96. The number of hydrogen-bond donors (Lipinski definition) is 0. The Morgan fingerprint density at radius 3 is 0.910 bits per heavy atom. The first-order valence-corrected chi connectivity index (χ1v) is 30.4. The van der Waals surface area contributed by atoms with Crippen molar-refractivity contribution < 1.29 is 41.6 Å². The van der Waals surface area contributed by atoms with Gasteiger partial charge in [-0.1, -0.05) is 14.9 Å². The van der Waals surface area contributed by atoms with E-state index in [0.29, 0.717) is 92.1 Å². The summed E-state index contributed by atoms with van der Waals surface area (Å²) in [6.45, 7) is 27.2. The Balaban J connectivity index is 0.000000236. The number of nitrogens with zero attached hydrogens (tertiary/aromatic N) is 9. The molecular formula is C68H98F3N9O6S3. The molecule has 0 bridgehead atoms. The van der Waals surface area contributed by atoms with E-state index >= 15 is 0 Å². The van der Waals surface area contributed by atoms with Gasteiger partial charge in [-0.2, -0.15) is 40.5 Å². The molecule has 3 fully saturated rings. The molecule has 490 valence electrons. The Hall–Kier alpha value is -5.58. The molecule has 0 aromatic carbocycles. The second-order valence-corrected chi connectivity index (χ2v) is 24.0. The number of likely N-dealkylation sites (tertiary alicyclic amines) is 3. The van der Waals surface area contributed by atoms with Crippen LogP contribution in [0, 0.1) is 76.7 Å². The molecule has 0 N–H and O–H groups in total. The molecule has 0 saturated carbocycles. The van der Waals surface area contributed by atoms with E-state index in [1.54, 1.807) is 18.2 Å². The Kier molecular flexibility index (Phi) is 28.5. The third-order valence-electron chi connectivity index (χ3n) is 17.1. The van der Waals surface area contributed by atoms with Gasteiger partial charge in [0.25, 0.3) is 0 Å². The Labute approximate surface area is 548 Å². The van der Waals surface area contributed by atoms with E-state index in [0.717, 1.165) is 165 Å². The van der Waals surface area contributed by atoms with Gasteiger partial charge in [0, 0.05) is 144 Å². The molecule has 0 spiro atoms. The van der Waals surface area contributed by atoms with Crippen molar-refractivity contribution in [3.63, 3.8) is 0 Å². The summed E-state index contributed by atoms with van der Waals surface area (Å²) in [5, 5.41) is 0. The van der Waals surface area contributed by atoms with Crippen LogP contribution in [0.3, 0.4) is 0 Å². The highest BCUT2D eigenvalue weighted by molar-refractivity contribution is 7.59. The van der Waals surface area contributed by atoms with Crippen LogP contribution in [-0.4, -0.2) is 124 Å². The number of rotatable bonds is 15. The Morgan fingerprint density at radius 1 is 0.416 bits per heavy atom. The summed E-state index contributed by atoms with van der Waals surface area (Å²) in [5.41, 5.74) is 9.90. The third kappa shape index (κ3) is 19.5. The number of halogens is 3. The first-order chi connectivity index (χ1) is 40.5. The number of hydrogen-bond acceptors (Lipinski definition) is 15. The maximum atomic E-state index is 14.6. The Morgan fingerprint density at radius 2 is 0.663 bits per heavy atom. The van der Waals surface area contributed by atoms with Crippen molar-refractivity contribution in [2.75, 3.05) is 78.9 Å². The topological polar surface area (TPSA) is 142 Å². The molecular weight excluding hydrogens is 1190 g/mol.